The molecule has 1 aromatic carbocycles. The Morgan fingerprint density at radius 3 is 2.76 bits per heavy atom. The summed E-state index contributed by atoms with van der Waals surface area (Å²) in [6.07, 6.45) is 2.83. The second-order valence-corrected chi connectivity index (χ2v) is 5.59. The summed E-state index contributed by atoms with van der Waals surface area (Å²) in [5.74, 6) is -0.174. The van der Waals surface area contributed by atoms with Crippen molar-refractivity contribution < 1.29 is 14.3 Å². The Morgan fingerprint density at radius 2 is 2.08 bits per heavy atom. The molecule has 0 spiro atoms. The maximum Gasteiger partial charge on any atom is 0.346 e. The Kier molecular flexibility index (Phi) is 5.15. The number of carbonyl (C=O) groups excluding carboxylic acids is 1. The normalized spacial score (nSPS) is 10.7. The van der Waals surface area contributed by atoms with E-state index < -0.39 is 5.97 Å². The zero-order valence-electron chi connectivity index (χ0n) is 13.0. The molecule has 25 heavy (non-hydrogen) atoms. The average molecular weight is 383 g/mol. The van der Waals surface area contributed by atoms with Crippen LogP contribution in [0.3, 0.4) is 0 Å². The van der Waals surface area contributed by atoms with Crippen LogP contribution in [-0.2, 0) is 13.6 Å². The molecule has 0 N–H and O–H groups in total. The number of nitrogens with zero attached hydrogens (tertiary/aromatic N) is 6. The minimum Gasteiger partial charge on any atom is -0.488 e. The van der Waals surface area contributed by atoms with Crippen molar-refractivity contribution >= 4 is 29.2 Å². The first-order chi connectivity index (χ1) is 12.1. The third-order valence-electron chi connectivity index (χ3n) is 3.17. The van der Waals surface area contributed by atoms with Gasteiger partial charge in [-0.1, -0.05) is 23.2 Å². The molecule has 0 saturated carbocycles. The van der Waals surface area contributed by atoms with Gasteiger partial charge in [-0.2, -0.15) is 9.90 Å². The standard InChI is InChI=1S/C14H12Cl2N6O3/c1-21-11(4-5-18-21)25-14(23)9-2-3-10(15)13(12(9)16)24-7-6-22-19-8-17-20-22/h2-5,8H,6-7H2,1H3. The molecular weight excluding hydrogens is 371 g/mol. The van der Waals surface area contributed by atoms with Crippen molar-refractivity contribution in [3.05, 3.63) is 46.3 Å². The molecule has 0 amide bonds. The zero-order chi connectivity index (χ0) is 17.8. The molecule has 0 aliphatic rings. The SMILES string of the molecule is Cn1nccc1OC(=O)c1ccc(Cl)c(OCCn2ncnn2)c1Cl. The first kappa shape index (κ1) is 17.2. The minimum absolute atomic E-state index is 0.0613. The van der Waals surface area contributed by atoms with Crippen molar-refractivity contribution in [2.75, 3.05) is 6.61 Å². The van der Waals surface area contributed by atoms with E-state index in [4.69, 9.17) is 32.7 Å². The zero-order valence-corrected chi connectivity index (χ0v) is 14.5. The number of halogens is 2. The molecule has 2 heterocycles. The number of tetrazole rings is 1. The topological polar surface area (TPSA) is 97.0 Å². The molecule has 0 saturated heterocycles. The number of hydrogen-bond acceptors (Lipinski definition) is 7. The van der Waals surface area contributed by atoms with Crippen LogP contribution in [0.1, 0.15) is 10.4 Å². The van der Waals surface area contributed by atoms with Gasteiger partial charge >= 0.3 is 5.97 Å². The van der Waals surface area contributed by atoms with Gasteiger partial charge in [0.15, 0.2) is 12.1 Å². The highest BCUT2D eigenvalue weighted by molar-refractivity contribution is 6.39. The molecule has 0 aliphatic heterocycles. The lowest BCUT2D eigenvalue weighted by Gasteiger charge is -2.12. The number of hydrogen-bond donors (Lipinski definition) is 0. The van der Waals surface area contributed by atoms with E-state index >= 15 is 0 Å². The lowest BCUT2D eigenvalue weighted by atomic mass is 10.2. The summed E-state index contributed by atoms with van der Waals surface area (Å²) >= 11 is 12.4. The third kappa shape index (κ3) is 3.89. The van der Waals surface area contributed by atoms with E-state index in [9.17, 15) is 4.79 Å². The summed E-state index contributed by atoms with van der Waals surface area (Å²) in [7, 11) is 1.65. The Hall–Kier alpha value is -2.65. The molecule has 11 heteroatoms. The van der Waals surface area contributed by atoms with E-state index in [0.29, 0.717) is 6.54 Å². The number of rotatable bonds is 6. The van der Waals surface area contributed by atoms with Crippen molar-refractivity contribution in [1.82, 2.24) is 30.0 Å². The molecule has 9 nitrogen and oxygen atoms in total. The molecule has 0 atom stereocenters. The average Bonchev–Trinajstić information content (AvgIpc) is 3.23. The van der Waals surface area contributed by atoms with Gasteiger partial charge in [-0.25, -0.2) is 9.48 Å². The first-order valence-electron chi connectivity index (χ1n) is 7.08. The van der Waals surface area contributed by atoms with E-state index in [2.05, 4.69) is 20.5 Å². The number of benzene rings is 1. The predicted molar refractivity (Wildman–Crippen MR) is 87.9 cm³/mol. The van der Waals surface area contributed by atoms with E-state index in [1.165, 1.54) is 34.1 Å². The van der Waals surface area contributed by atoms with Crippen LogP contribution in [0.2, 0.25) is 10.0 Å². The fraction of sp³-hybridized carbons (Fsp3) is 0.214. The van der Waals surface area contributed by atoms with Gasteiger partial charge < -0.3 is 9.47 Å². The van der Waals surface area contributed by atoms with Crippen LogP contribution in [0, 0.1) is 0 Å². The largest absolute Gasteiger partial charge is 0.488 e. The molecule has 130 valence electrons. The second-order valence-electron chi connectivity index (χ2n) is 4.80. The highest BCUT2D eigenvalue weighted by Crippen LogP contribution is 2.36. The van der Waals surface area contributed by atoms with Gasteiger partial charge in [-0.3, -0.25) is 0 Å². The summed E-state index contributed by atoms with van der Waals surface area (Å²) in [5.41, 5.74) is 0.126. The summed E-state index contributed by atoms with van der Waals surface area (Å²) in [5, 5.41) is 15.4. The Balaban J connectivity index is 1.74. The Bertz CT molecular complexity index is 881. The van der Waals surface area contributed by atoms with Crippen LogP contribution in [0.4, 0.5) is 0 Å². The monoisotopic (exact) mass is 382 g/mol. The van der Waals surface area contributed by atoms with Crippen molar-refractivity contribution in [3.63, 3.8) is 0 Å². The van der Waals surface area contributed by atoms with Gasteiger partial charge in [0, 0.05) is 13.1 Å². The van der Waals surface area contributed by atoms with Gasteiger partial charge in [-0.05, 0) is 17.3 Å². The van der Waals surface area contributed by atoms with Crippen LogP contribution in [0.5, 0.6) is 11.6 Å². The first-order valence-corrected chi connectivity index (χ1v) is 7.83. The van der Waals surface area contributed by atoms with Crippen LogP contribution in [0.25, 0.3) is 0 Å². The van der Waals surface area contributed by atoms with Gasteiger partial charge in [-0.15, -0.1) is 10.2 Å². The summed E-state index contributed by atoms with van der Waals surface area (Å²) in [4.78, 5) is 13.7. The van der Waals surface area contributed by atoms with Gasteiger partial charge in [0.05, 0.1) is 28.4 Å². The van der Waals surface area contributed by atoms with E-state index in [1.807, 2.05) is 0 Å². The molecule has 2 aromatic heterocycles. The maximum absolute atomic E-state index is 12.3. The van der Waals surface area contributed by atoms with Crippen molar-refractivity contribution in [1.29, 1.82) is 0 Å². The Labute approximate surface area is 152 Å². The molecule has 0 fully saturated rings. The molecule has 0 radical (unpaired) electrons. The smallest absolute Gasteiger partial charge is 0.346 e. The van der Waals surface area contributed by atoms with Crippen LogP contribution in [-0.4, -0.2) is 42.6 Å². The molecule has 0 aliphatic carbocycles. The quantitative estimate of drug-likeness (QED) is 0.601. The van der Waals surface area contributed by atoms with Crippen molar-refractivity contribution in [3.8, 4) is 11.6 Å². The second kappa shape index (κ2) is 7.49. The minimum atomic E-state index is -0.645. The number of aromatic nitrogens is 6. The lowest BCUT2D eigenvalue weighted by molar-refractivity contribution is 0.0720. The fourth-order valence-corrected chi connectivity index (χ4v) is 2.51. The molecular formula is C14H12Cl2N6O3. The third-order valence-corrected chi connectivity index (χ3v) is 3.84. The number of esters is 1. The van der Waals surface area contributed by atoms with E-state index in [0.717, 1.165) is 0 Å². The maximum atomic E-state index is 12.3. The molecule has 3 aromatic rings. The Morgan fingerprint density at radius 1 is 1.24 bits per heavy atom. The van der Waals surface area contributed by atoms with Gasteiger partial charge in [0.25, 0.3) is 0 Å². The predicted octanol–water partition coefficient (Wildman–Crippen LogP) is 2.01. The van der Waals surface area contributed by atoms with Crippen LogP contribution in [0.15, 0.2) is 30.7 Å². The van der Waals surface area contributed by atoms with E-state index in [1.54, 1.807) is 13.1 Å². The summed E-state index contributed by atoms with van der Waals surface area (Å²) < 4.78 is 12.3. The van der Waals surface area contributed by atoms with Gasteiger partial charge in [0.2, 0.25) is 5.88 Å². The summed E-state index contributed by atoms with van der Waals surface area (Å²) in [6.45, 7) is 0.534. The van der Waals surface area contributed by atoms with Gasteiger partial charge in [0.1, 0.15) is 6.61 Å². The molecule has 3 rings (SSSR count). The number of carbonyl (C=O) groups is 1. The molecule has 0 unspecified atom stereocenters. The highest BCUT2D eigenvalue weighted by Gasteiger charge is 2.20. The highest BCUT2D eigenvalue weighted by atomic mass is 35.5. The van der Waals surface area contributed by atoms with Crippen molar-refractivity contribution in [2.24, 2.45) is 7.05 Å². The molecule has 0 bridgehead atoms. The lowest BCUT2D eigenvalue weighted by Crippen LogP contribution is -2.14. The summed E-state index contributed by atoms with van der Waals surface area (Å²) in [6, 6.07) is 4.54. The fourth-order valence-electron chi connectivity index (χ4n) is 1.95. The van der Waals surface area contributed by atoms with Crippen molar-refractivity contribution in [2.45, 2.75) is 6.54 Å². The van der Waals surface area contributed by atoms with E-state index in [-0.39, 0.29) is 33.8 Å². The number of ether oxygens (including phenoxy) is 2. The van der Waals surface area contributed by atoms with Crippen LogP contribution >= 0.6 is 23.2 Å². The van der Waals surface area contributed by atoms with Crippen LogP contribution < -0.4 is 9.47 Å². The number of aryl methyl sites for hydroxylation is 1.